The first-order chi connectivity index (χ1) is 7.79. The van der Waals surface area contributed by atoms with E-state index in [0.717, 1.165) is 12.8 Å². The van der Waals surface area contributed by atoms with Gasteiger partial charge >= 0.3 is 5.97 Å². The third-order valence-electron chi connectivity index (χ3n) is 2.44. The van der Waals surface area contributed by atoms with Crippen LogP contribution in [0.2, 0.25) is 0 Å². The van der Waals surface area contributed by atoms with Gasteiger partial charge < -0.3 is 18.9 Å². The van der Waals surface area contributed by atoms with E-state index in [2.05, 4.69) is 4.74 Å². The highest BCUT2D eigenvalue weighted by Gasteiger charge is 2.37. The second-order valence-corrected chi connectivity index (χ2v) is 3.76. The molecule has 0 N–H and O–H groups in total. The summed E-state index contributed by atoms with van der Waals surface area (Å²) >= 11 is 0. The Hall–Kier alpha value is -0.650. The highest BCUT2D eigenvalue weighted by molar-refractivity contribution is 5.75. The molecule has 0 aromatic carbocycles. The molecule has 0 saturated heterocycles. The zero-order valence-electron chi connectivity index (χ0n) is 9.94. The van der Waals surface area contributed by atoms with E-state index in [4.69, 9.17) is 14.2 Å². The van der Waals surface area contributed by atoms with E-state index < -0.39 is 6.10 Å². The van der Waals surface area contributed by atoms with Crippen LogP contribution in [-0.4, -0.2) is 52.7 Å². The zero-order chi connectivity index (χ0) is 11.8. The van der Waals surface area contributed by atoms with Crippen LogP contribution in [0.4, 0.5) is 0 Å². The Kier molecular flexibility index (Phi) is 6.37. The van der Waals surface area contributed by atoms with Gasteiger partial charge in [-0.3, -0.25) is 0 Å². The van der Waals surface area contributed by atoms with Crippen molar-refractivity contribution >= 4 is 5.97 Å². The van der Waals surface area contributed by atoms with Crippen molar-refractivity contribution in [3.05, 3.63) is 0 Å². The van der Waals surface area contributed by atoms with E-state index in [9.17, 15) is 4.79 Å². The summed E-state index contributed by atoms with van der Waals surface area (Å²) < 4.78 is 20.2. The lowest BCUT2D eigenvalue weighted by molar-refractivity contribution is -0.156. The molecule has 94 valence electrons. The summed E-state index contributed by atoms with van der Waals surface area (Å²) in [6.07, 6.45) is 1.69. The third kappa shape index (κ3) is 4.92. The molecule has 1 rings (SSSR count). The van der Waals surface area contributed by atoms with Crippen LogP contribution < -0.4 is 0 Å². The molecule has 0 heterocycles. The normalized spacial score (nSPS) is 17.1. The molecule has 0 aromatic heterocycles. The number of rotatable bonds is 9. The Morgan fingerprint density at radius 3 is 2.44 bits per heavy atom. The second kappa shape index (κ2) is 7.60. The molecule has 0 amide bonds. The molecule has 1 saturated carbocycles. The van der Waals surface area contributed by atoms with Gasteiger partial charge in [0.05, 0.1) is 33.5 Å². The smallest absolute Gasteiger partial charge is 0.335 e. The largest absolute Gasteiger partial charge is 0.467 e. The van der Waals surface area contributed by atoms with Gasteiger partial charge in [0.1, 0.15) is 0 Å². The summed E-state index contributed by atoms with van der Waals surface area (Å²) in [6.45, 7) is 2.01. The van der Waals surface area contributed by atoms with Crippen LogP contribution in [-0.2, 0) is 23.7 Å². The summed E-state index contributed by atoms with van der Waals surface area (Å²) in [5, 5.41) is 0. The van der Waals surface area contributed by atoms with E-state index in [-0.39, 0.29) is 5.97 Å². The molecular weight excluding hydrogens is 212 g/mol. The summed E-state index contributed by atoms with van der Waals surface area (Å²) in [6, 6.07) is 0. The SMILES string of the molecule is COCCOCCOC(C(=O)OC)C1CC1. The van der Waals surface area contributed by atoms with Crippen molar-refractivity contribution in [2.24, 2.45) is 5.92 Å². The first-order valence-corrected chi connectivity index (χ1v) is 5.55. The molecule has 1 aliphatic rings. The van der Waals surface area contributed by atoms with Crippen LogP contribution in [0, 0.1) is 5.92 Å². The van der Waals surface area contributed by atoms with E-state index >= 15 is 0 Å². The average Bonchev–Trinajstić information content (AvgIpc) is 3.11. The van der Waals surface area contributed by atoms with Gasteiger partial charge in [0.2, 0.25) is 0 Å². The van der Waals surface area contributed by atoms with Crippen molar-refractivity contribution in [3.8, 4) is 0 Å². The Bertz CT molecular complexity index is 203. The minimum Gasteiger partial charge on any atom is -0.467 e. The first-order valence-electron chi connectivity index (χ1n) is 5.55. The molecule has 0 radical (unpaired) electrons. The van der Waals surface area contributed by atoms with Crippen molar-refractivity contribution < 1.29 is 23.7 Å². The summed E-state index contributed by atoms with van der Waals surface area (Å²) in [4.78, 5) is 11.4. The lowest BCUT2D eigenvalue weighted by atomic mass is 10.2. The molecule has 5 nitrogen and oxygen atoms in total. The van der Waals surface area contributed by atoms with Crippen LogP contribution in [0.5, 0.6) is 0 Å². The van der Waals surface area contributed by atoms with Gasteiger partial charge in [-0.2, -0.15) is 0 Å². The molecule has 1 aliphatic carbocycles. The van der Waals surface area contributed by atoms with Gasteiger partial charge in [0, 0.05) is 7.11 Å². The first kappa shape index (κ1) is 13.4. The molecule has 5 heteroatoms. The number of hydrogen-bond acceptors (Lipinski definition) is 5. The highest BCUT2D eigenvalue weighted by atomic mass is 16.6. The topological polar surface area (TPSA) is 54.0 Å². The maximum Gasteiger partial charge on any atom is 0.335 e. The lowest BCUT2D eigenvalue weighted by Gasteiger charge is -2.14. The van der Waals surface area contributed by atoms with E-state index in [1.54, 1.807) is 7.11 Å². The molecule has 0 spiro atoms. The number of carbonyl (C=O) groups excluding carboxylic acids is 1. The van der Waals surface area contributed by atoms with Crippen molar-refractivity contribution in [1.29, 1.82) is 0 Å². The van der Waals surface area contributed by atoms with Crippen LogP contribution in [0.3, 0.4) is 0 Å². The summed E-state index contributed by atoms with van der Waals surface area (Å²) in [5.74, 6) is 0.0609. The Morgan fingerprint density at radius 1 is 1.19 bits per heavy atom. The van der Waals surface area contributed by atoms with E-state index in [1.165, 1.54) is 7.11 Å². The number of esters is 1. The van der Waals surface area contributed by atoms with Crippen LogP contribution in [0.1, 0.15) is 12.8 Å². The van der Waals surface area contributed by atoms with Crippen molar-refractivity contribution in [3.63, 3.8) is 0 Å². The number of carbonyl (C=O) groups is 1. The van der Waals surface area contributed by atoms with Gasteiger partial charge in [0.25, 0.3) is 0 Å². The number of ether oxygens (including phenoxy) is 4. The fourth-order valence-corrected chi connectivity index (χ4v) is 1.39. The standard InChI is InChI=1S/C11H20O5/c1-13-5-6-15-7-8-16-10(9-3-4-9)11(12)14-2/h9-10H,3-8H2,1-2H3. The molecular formula is C11H20O5. The van der Waals surface area contributed by atoms with E-state index in [1.807, 2.05) is 0 Å². The van der Waals surface area contributed by atoms with Crippen LogP contribution in [0.25, 0.3) is 0 Å². The van der Waals surface area contributed by atoms with Crippen molar-refractivity contribution in [2.75, 3.05) is 40.6 Å². The molecule has 16 heavy (non-hydrogen) atoms. The highest BCUT2D eigenvalue weighted by Crippen LogP contribution is 2.34. The minimum absolute atomic E-state index is 0.278. The van der Waals surface area contributed by atoms with Crippen molar-refractivity contribution in [1.82, 2.24) is 0 Å². The monoisotopic (exact) mass is 232 g/mol. The predicted octanol–water partition coefficient (Wildman–Crippen LogP) is 0.618. The molecule has 0 aromatic rings. The predicted molar refractivity (Wildman–Crippen MR) is 57.2 cm³/mol. The van der Waals surface area contributed by atoms with Crippen LogP contribution >= 0.6 is 0 Å². The summed E-state index contributed by atoms with van der Waals surface area (Å²) in [5.41, 5.74) is 0. The summed E-state index contributed by atoms with van der Waals surface area (Å²) in [7, 11) is 3.01. The molecule has 1 atom stereocenters. The fraction of sp³-hybridized carbons (Fsp3) is 0.909. The van der Waals surface area contributed by atoms with Gasteiger partial charge in [-0.15, -0.1) is 0 Å². The number of methoxy groups -OCH3 is 2. The quantitative estimate of drug-likeness (QED) is 0.431. The maximum atomic E-state index is 11.4. The minimum atomic E-state index is -0.406. The van der Waals surface area contributed by atoms with Gasteiger partial charge in [-0.05, 0) is 18.8 Å². The van der Waals surface area contributed by atoms with Crippen molar-refractivity contribution in [2.45, 2.75) is 18.9 Å². The van der Waals surface area contributed by atoms with Crippen LogP contribution in [0.15, 0.2) is 0 Å². The van der Waals surface area contributed by atoms with E-state index in [0.29, 0.717) is 32.3 Å². The second-order valence-electron chi connectivity index (χ2n) is 3.76. The zero-order valence-corrected chi connectivity index (χ0v) is 9.94. The average molecular weight is 232 g/mol. The lowest BCUT2D eigenvalue weighted by Crippen LogP contribution is -2.29. The molecule has 0 bridgehead atoms. The molecule has 0 aliphatic heterocycles. The van der Waals surface area contributed by atoms with Gasteiger partial charge in [0.15, 0.2) is 6.10 Å². The fourth-order valence-electron chi connectivity index (χ4n) is 1.39. The Labute approximate surface area is 96.0 Å². The molecule has 1 fully saturated rings. The molecule has 1 unspecified atom stereocenters. The Balaban J connectivity index is 2.06. The maximum absolute atomic E-state index is 11.4. The van der Waals surface area contributed by atoms with Gasteiger partial charge in [-0.25, -0.2) is 4.79 Å². The third-order valence-corrected chi connectivity index (χ3v) is 2.44. The number of hydrogen-bond donors (Lipinski definition) is 0. The Morgan fingerprint density at radius 2 is 1.88 bits per heavy atom. The van der Waals surface area contributed by atoms with Gasteiger partial charge in [-0.1, -0.05) is 0 Å².